The molecular weight excluding hydrogens is 311 g/mol. The van der Waals surface area contributed by atoms with Crippen LogP contribution in [0.3, 0.4) is 0 Å². The molecule has 1 aromatic carbocycles. The Labute approximate surface area is 119 Å². The van der Waals surface area contributed by atoms with Gasteiger partial charge in [0.1, 0.15) is 5.82 Å². The molecule has 0 radical (unpaired) electrons. The van der Waals surface area contributed by atoms with Gasteiger partial charge >= 0.3 is 0 Å². The summed E-state index contributed by atoms with van der Waals surface area (Å²) in [6, 6.07) is 4.80. The Hall–Kier alpha value is -1.23. The molecule has 0 N–H and O–H groups in total. The molecule has 3 nitrogen and oxygen atoms in total. The Bertz CT molecular complexity index is 579. The molecule has 1 aliphatic carbocycles. The molecule has 2 aromatic rings. The van der Waals surface area contributed by atoms with E-state index < -0.39 is 0 Å². The molecule has 0 aliphatic heterocycles. The van der Waals surface area contributed by atoms with Crippen LogP contribution in [0, 0.1) is 5.82 Å². The Kier molecular flexibility index (Phi) is 3.64. The highest BCUT2D eigenvalue weighted by atomic mass is 79.9. The SMILES string of the molecule is Fc1cccc(-c2nnc(C3CCCCC3)o2)c1Br. The zero-order valence-electron chi connectivity index (χ0n) is 10.4. The fraction of sp³-hybridized carbons (Fsp3) is 0.429. The minimum absolute atomic E-state index is 0.324. The van der Waals surface area contributed by atoms with E-state index in [0.29, 0.717) is 27.7 Å². The zero-order chi connectivity index (χ0) is 13.2. The maximum Gasteiger partial charge on any atom is 0.248 e. The predicted molar refractivity (Wildman–Crippen MR) is 73.2 cm³/mol. The van der Waals surface area contributed by atoms with E-state index in [-0.39, 0.29) is 5.82 Å². The Morgan fingerprint density at radius 2 is 1.95 bits per heavy atom. The molecule has 0 unspecified atom stereocenters. The summed E-state index contributed by atoms with van der Waals surface area (Å²) < 4.78 is 19.6. The second-order valence-electron chi connectivity index (χ2n) is 4.88. The van der Waals surface area contributed by atoms with Crippen molar-refractivity contribution >= 4 is 15.9 Å². The summed E-state index contributed by atoms with van der Waals surface area (Å²) in [4.78, 5) is 0. The van der Waals surface area contributed by atoms with Gasteiger partial charge in [0, 0.05) is 5.92 Å². The van der Waals surface area contributed by atoms with Gasteiger partial charge in [-0.25, -0.2) is 4.39 Å². The summed E-state index contributed by atoms with van der Waals surface area (Å²) in [6.45, 7) is 0. The highest BCUT2D eigenvalue weighted by Gasteiger charge is 2.22. The molecule has 1 saturated carbocycles. The van der Waals surface area contributed by atoms with E-state index >= 15 is 0 Å². The lowest BCUT2D eigenvalue weighted by atomic mass is 9.89. The predicted octanol–water partition coefficient (Wildman–Crippen LogP) is 4.69. The van der Waals surface area contributed by atoms with Gasteiger partial charge in [-0.1, -0.05) is 25.3 Å². The highest BCUT2D eigenvalue weighted by molar-refractivity contribution is 9.10. The molecule has 0 amide bonds. The third-order valence-electron chi connectivity index (χ3n) is 3.58. The molecular formula is C14H14BrFN2O. The van der Waals surface area contributed by atoms with Gasteiger partial charge < -0.3 is 4.42 Å². The van der Waals surface area contributed by atoms with Crippen molar-refractivity contribution in [1.29, 1.82) is 0 Å². The number of hydrogen-bond acceptors (Lipinski definition) is 3. The Morgan fingerprint density at radius 3 is 2.74 bits per heavy atom. The smallest absolute Gasteiger partial charge is 0.248 e. The lowest BCUT2D eigenvalue weighted by Crippen LogP contribution is -2.04. The maximum absolute atomic E-state index is 13.5. The van der Waals surface area contributed by atoms with Crippen LogP contribution in [0.15, 0.2) is 27.1 Å². The van der Waals surface area contributed by atoms with Crippen LogP contribution in [0.4, 0.5) is 4.39 Å². The lowest BCUT2D eigenvalue weighted by Gasteiger charge is -2.17. The van der Waals surface area contributed by atoms with Crippen LogP contribution in [0.5, 0.6) is 0 Å². The van der Waals surface area contributed by atoms with E-state index in [1.54, 1.807) is 12.1 Å². The van der Waals surface area contributed by atoms with Crippen molar-refractivity contribution in [3.63, 3.8) is 0 Å². The van der Waals surface area contributed by atoms with E-state index in [1.807, 2.05) is 0 Å². The number of halogens is 2. The van der Waals surface area contributed by atoms with E-state index in [9.17, 15) is 4.39 Å². The summed E-state index contributed by atoms with van der Waals surface area (Å²) in [5, 5.41) is 8.18. The van der Waals surface area contributed by atoms with Gasteiger partial charge in [0.25, 0.3) is 0 Å². The van der Waals surface area contributed by atoms with Gasteiger partial charge in [-0.2, -0.15) is 0 Å². The largest absolute Gasteiger partial charge is 0.420 e. The van der Waals surface area contributed by atoms with Crippen LogP contribution in [0.2, 0.25) is 0 Å². The van der Waals surface area contributed by atoms with Gasteiger partial charge in [0.05, 0.1) is 10.0 Å². The molecule has 0 spiro atoms. The lowest BCUT2D eigenvalue weighted by molar-refractivity contribution is 0.367. The summed E-state index contributed by atoms with van der Waals surface area (Å²) in [6.07, 6.45) is 5.92. The van der Waals surface area contributed by atoms with Crippen molar-refractivity contribution in [3.05, 3.63) is 34.4 Å². The molecule has 0 saturated heterocycles. The minimum Gasteiger partial charge on any atom is -0.420 e. The van der Waals surface area contributed by atoms with Gasteiger partial charge in [0.15, 0.2) is 0 Å². The fourth-order valence-electron chi connectivity index (χ4n) is 2.53. The van der Waals surface area contributed by atoms with Crippen molar-refractivity contribution in [3.8, 4) is 11.5 Å². The highest BCUT2D eigenvalue weighted by Crippen LogP contribution is 2.35. The van der Waals surface area contributed by atoms with Gasteiger partial charge in [-0.05, 0) is 40.9 Å². The average Bonchev–Trinajstić information content (AvgIpc) is 2.92. The number of benzene rings is 1. The number of rotatable bonds is 2. The molecule has 100 valence electrons. The third kappa shape index (κ3) is 2.56. The molecule has 3 rings (SSSR count). The first kappa shape index (κ1) is 12.8. The fourth-order valence-corrected chi connectivity index (χ4v) is 2.96. The van der Waals surface area contributed by atoms with Crippen LogP contribution in [0.1, 0.15) is 43.9 Å². The van der Waals surface area contributed by atoms with Crippen molar-refractivity contribution < 1.29 is 8.81 Å². The first-order chi connectivity index (χ1) is 9.25. The minimum atomic E-state index is -0.324. The molecule has 0 atom stereocenters. The summed E-state index contributed by atoms with van der Waals surface area (Å²) >= 11 is 3.22. The quantitative estimate of drug-likeness (QED) is 0.804. The standard InChI is InChI=1S/C14H14BrFN2O/c15-12-10(7-4-8-11(12)16)14-18-17-13(19-14)9-5-2-1-3-6-9/h4,7-9H,1-3,5-6H2. The first-order valence-electron chi connectivity index (χ1n) is 6.53. The summed E-state index contributed by atoms with van der Waals surface area (Å²) in [7, 11) is 0. The molecule has 5 heteroatoms. The van der Waals surface area contributed by atoms with Crippen LogP contribution >= 0.6 is 15.9 Å². The first-order valence-corrected chi connectivity index (χ1v) is 7.33. The maximum atomic E-state index is 13.5. The van der Waals surface area contributed by atoms with E-state index in [0.717, 1.165) is 12.8 Å². The van der Waals surface area contributed by atoms with Crippen LogP contribution in [-0.4, -0.2) is 10.2 Å². The average molecular weight is 325 g/mol. The number of hydrogen-bond donors (Lipinski definition) is 0. The summed E-state index contributed by atoms with van der Waals surface area (Å²) in [5.74, 6) is 1.11. The number of aromatic nitrogens is 2. The Morgan fingerprint density at radius 1 is 1.16 bits per heavy atom. The second-order valence-corrected chi connectivity index (χ2v) is 5.67. The van der Waals surface area contributed by atoms with Crippen LogP contribution in [-0.2, 0) is 0 Å². The molecule has 1 fully saturated rings. The van der Waals surface area contributed by atoms with Crippen molar-refractivity contribution in [1.82, 2.24) is 10.2 Å². The van der Waals surface area contributed by atoms with Gasteiger partial charge in [-0.15, -0.1) is 10.2 Å². The van der Waals surface area contributed by atoms with Crippen molar-refractivity contribution in [2.24, 2.45) is 0 Å². The van der Waals surface area contributed by atoms with Crippen molar-refractivity contribution in [2.45, 2.75) is 38.0 Å². The third-order valence-corrected chi connectivity index (χ3v) is 4.38. The van der Waals surface area contributed by atoms with Gasteiger partial charge in [0.2, 0.25) is 11.8 Å². The summed E-state index contributed by atoms with van der Waals surface area (Å²) in [5.41, 5.74) is 0.606. The van der Waals surface area contributed by atoms with Crippen molar-refractivity contribution in [2.75, 3.05) is 0 Å². The van der Waals surface area contributed by atoms with E-state index in [4.69, 9.17) is 4.42 Å². The van der Waals surface area contributed by atoms with E-state index in [1.165, 1.54) is 25.3 Å². The van der Waals surface area contributed by atoms with E-state index in [2.05, 4.69) is 26.1 Å². The molecule has 0 bridgehead atoms. The van der Waals surface area contributed by atoms with Crippen LogP contribution < -0.4 is 0 Å². The van der Waals surface area contributed by atoms with Gasteiger partial charge in [-0.3, -0.25) is 0 Å². The molecule has 1 aliphatic rings. The Balaban J connectivity index is 1.90. The van der Waals surface area contributed by atoms with Crippen LogP contribution in [0.25, 0.3) is 11.5 Å². The topological polar surface area (TPSA) is 38.9 Å². The monoisotopic (exact) mass is 324 g/mol. The zero-order valence-corrected chi connectivity index (χ0v) is 12.0. The second kappa shape index (κ2) is 5.41. The molecule has 1 aromatic heterocycles. The molecule has 1 heterocycles. The normalized spacial score (nSPS) is 16.7. The molecule has 19 heavy (non-hydrogen) atoms. The number of nitrogens with zero attached hydrogens (tertiary/aromatic N) is 2.